The van der Waals surface area contributed by atoms with Crippen molar-refractivity contribution in [2.24, 2.45) is 0 Å². The molecule has 3 heteroatoms. The van der Waals surface area contributed by atoms with Gasteiger partial charge in [-0.05, 0) is 17.2 Å². The first-order valence-electron chi connectivity index (χ1n) is 5.92. The standard InChI is InChI=1S/C15H14O2S/c1-15(12-7-3-2-4-8-12)11-18(16,17)14-10-6-5-9-13(14)15/h2-10H,11H2,1H3. The third kappa shape index (κ3) is 1.51. The van der Waals surface area contributed by atoms with Crippen molar-refractivity contribution in [2.45, 2.75) is 17.2 Å². The minimum atomic E-state index is -3.16. The van der Waals surface area contributed by atoms with Gasteiger partial charge in [0.2, 0.25) is 0 Å². The van der Waals surface area contributed by atoms with Gasteiger partial charge in [-0.15, -0.1) is 0 Å². The van der Waals surface area contributed by atoms with Crippen LogP contribution in [0.1, 0.15) is 18.1 Å². The zero-order valence-electron chi connectivity index (χ0n) is 10.1. The maximum atomic E-state index is 12.2. The molecule has 1 unspecified atom stereocenters. The first-order chi connectivity index (χ1) is 8.54. The highest BCUT2D eigenvalue weighted by atomic mass is 32.2. The second-order valence-electron chi connectivity index (χ2n) is 4.95. The van der Waals surface area contributed by atoms with Gasteiger partial charge in [-0.2, -0.15) is 0 Å². The van der Waals surface area contributed by atoms with E-state index in [1.807, 2.05) is 49.4 Å². The predicted molar refractivity (Wildman–Crippen MR) is 71.4 cm³/mol. The van der Waals surface area contributed by atoms with Crippen molar-refractivity contribution < 1.29 is 8.42 Å². The SMILES string of the molecule is CC1(c2ccccc2)CS(=O)(=O)c2ccccc21. The van der Waals surface area contributed by atoms with E-state index in [4.69, 9.17) is 0 Å². The van der Waals surface area contributed by atoms with Crippen LogP contribution in [0.5, 0.6) is 0 Å². The van der Waals surface area contributed by atoms with Gasteiger partial charge in [-0.3, -0.25) is 0 Å². The zero-order valence-corrected chi connectivity index (χ0v) is 10.9. The molecule has 2 aromatic carbocycles. The fraction of sp³-hybridized carbons (Fsp3) is 0.200. The number of rotatable bonds is 1. The fourth-order valence-corrected chi connectivity index (χ4v) is 4.93. The average molecular weight is 258 g/mol. The summed E-state index contributed by atoms with van der Waals surface area (Å²) in [6.45, 7) is 2.01. The van der Waals surface area contributed by atoms with Crippen molar-refractivity contribution >= 4 is 9.84 Å². The summed E-state index contributed by atoms with van der Waals surface area (Å²) < 4.78 is 24.5. The minimum absolute atomic E-state index is 0.156. The quantitative estimate of drug-likeness (QED) is 0.788. The maximum absolute atomic E-state index is 12.2. The van der Waals surface area contributed by atoms with E-state index < -0.39 is 15.3 Å². The molecule has 1 aliphatic rings. The fourth-order valence-electron chi connectivity index (χ4n) is 2.77. The highest BCUT2D eigenvalue weighted by Crippen LogP contribution is 2.43. The molecule has 18 heavy (non-hydrogen) atoms. The number of sulfone groups is 1. The Morgan fingerprint density at radius 1 is 0.944 bits per heavy atom. The lowest BCUT2D eigenvalue weighted by Crippen LogP contribution is -2.25. The molecule has 2 aromatic rings. The van der Waals surface area contributed by atoms with Crippen LogP contribution in [0.15, 0.2) is 59.5 Å². The Balaban J connectivity index is 2.29. The Hall–Kier alpha value is -1.61. The van der Waals surface area contributed by atoms with Gasteiger partial charge in [-0.1, -0.05) is 55.5 Å². The third-order valence-electron chi connectivity index (χ3n) is 3.71. The lowest BCUT2D eigenvalue weighted by atomic mass is 9.78. The van der Waals surface area contributed by atoms with Crippen molar-refractivity contribution in [1.82, 2.24) is 0 Å². The molecular formula is C15H14O2S. The van der Waals surface area contributed by atoms with Crippen LogP contribution in [0.25, 0.3) is 0 Å². The Morgan fingerprint density at radius 3 is 2.28 bits per heavy atom. The van der Waals surface area contributed by atoms with Crippen LogP contribution in [0.2, 0.25) is 0 Å². The molecular weight excluding hydrogens is 244 g/mol. The number of fused-ring (bicyclic) bond motifs is 1. The van der Waals surface area contributed by atoms with Gasteiger partial charge in [0, 0.05) is 5.41 Å². The molecule has 0 aromatic heterocycles. The molecule has 2 nitrogen and oxygen atoms in total. The van der Waals surface area contributed by atoms with Crippen LogP contribution in [0.3, 0.4) is 0 Å². The molecule has 0 fully saturated rings. The summed E-state index contributed by atoms with van der Waals surface area (Å²) in [6, 6.07) is 17.2. The highest BCUT2D eigenvalue weighted by Gasteiger charge is 2.44. The normalized spacial score (nSPS) is 24.7. The monoisotopic (exact) mass is 258 g/mol. The summed E-state index contributed by atoms with van der Waals surface area (Å²) >= 11 is 0. The summed E-state index contributed by atoms with van der Waals surface area (Å²) in [4.78, 5) is 0.483. The predicted octanol–water partition coefficient (Wildman–Crippen LogP) is 2.78. The maximum Gasteiger partial charge on any atom is 0.179 e. The van der Waals surface area contributed by atoms with E-state index in [1.54, 1.807) is 12.1 Å². The van der Waals surface area contributed by atoms with E-state index in [9.17, 15) is 8.42 Å². The lowest BCUT2D eigenvalue weighted by molar-refractivity contribution is 0.587. The van der Waals surface area contributed by atoms with E-state index in [0.29, 0.717) is 4.90 Å². The molecule has 0 radical (unpaired) electrons. The molecule has 1 atom stereocenters. The van der Waals surface area contributed by atoms with Gasteiger partial charge < -0.3 is 0 Å². The third-order valence-corrected chi connectivity index (χ3v) is 5.69. The van der Waals surface area contributed by atoms with Gasteiger partial charge in [0.15, 0.2) is 9.84 Å². The first kappa shape index (κ1) is 11.5. The topological polar surface area (TPSA) is 34.1 Å². The Morgan fingerprint density at radius 2 is 1.56 bits per heavy atom. The Bertz CT molecular complexity index is 689. The summed E-state index contributed by atoms with van der Waals surface area (Å²) in [5, 5.41) is 0. The van der Waals surface area contributed by atoms with Crippen LogP contribution in [-0.2, 0) is 15.3 Å². The Labute approximate surface area is 107 Å². The zero-order chi connectivity index (χ0) is 12.8. The highest BCUT2D eigenvalue weighted by molar-refractivity contribution is 7.91. The number of hydrogen-bond acceptors (Lipinski definition) is 2. The molecule has 0 aliphatic carbocycles. The molecule has 0 saturated carbocycles. The van der Waals surface area contributed by atoms with Gasteiger partial charge in [-0.25, -0.2) is 8.42 Å². The second-order valence-corrected chi connectivity index (χ2v) is 6.91. The van der Waals surface area contributed by atoms with Gasteiger partial charge in [0.05, 0.1) is 10.6 Å². The molecule has 92 valence electrons. The number of hydrogen-bond donors (Lipinski definition) is 0. The Kier molecular flexibility index (Phi) is 2.35. The van der Waals surface area contributed by atoms with Crippen molar-refractivity contribution in [3.63, 3.8) is 0 Å². The van der Waals surface area contributed by atoms with Crippen LogP contribution >= 0.6 is 0 Å². The second kappa shape index (κ2) is 3.69. The van der Waals surface area contributed by atoms with Crippen LogP contribution in [0, 0.1) is 0 Å². The smallest absolute Gasteiger partial charge is 0.179 e. The molecule has 1 heterocycles. The first-order valence-corrected chi connectivity index (χ1v) is 7.57. The van der Waals surface area contributed by atoms with E-state index in [1.165, 1.54) is 0 Å². The molecule has 0 spiro atoms. The molecule has 0 N–H and O–H groups in total. The largest absolute Gasteiger partial charge is 0.224 e. The van der Waals surface area contributed by atoms with E-state index in [-0.39, 0.29) is 5.75 Å². The average Bonchev–Trinajstić information content (AvgIpc) is 2.60. The minimum Gasteiger partial charge on any atom is -0.224 e. The van der Waals surface area contributed by atoms with Gasteiger partial charge in [0.25, 0.3) is 0 Å². The summed E-state index contributed by atoms with van der Waals surface area (Å²) in [6.07, 6.45) is 0. The van der Waals surface area contributed by atoms with E-state index in [0.717, 1.165) is 11.1 Å². The van der Waals surface area contributed by atoms with Crippen molar-refractivity contribution in [3.05, 3.63) is 65.7 Å². The molecule has 0 bridgehead atoms. The number of benzene rings is 2. The molecule has 3 rings (SSSR count). The van der Waals surface area contributed by atoms with Crippen molar-refractivity contribution in [3.8, 4) is 0 Å². The lowest BCUT2D eigenvalue weighted by Gasteiger charge is -2.24. The molecule has 0 amide bonds. The summed E-state index contributed by atoms with van der Waals surface area (Å²) in [5.41, 5.74) is 1.53. The van der Waals surface area contributed by atoms with Crippen molar-refractivity contribution in [1.29, 1.82) is 0 Å². The van der Waals surface area contributed by atoms with Crippen LogP contribution in [-0.4, -0.2) is 14.2 Å². The summed E-state index contributed by atoms with van der Waals surface area (Å²) in [7, 11) is -3.16. The summed E-state index contributed by atoms with van der Waals surface area (Å²) in [5.74, 6) is 0.156. The van der Waals surface area contributed by atoms with E-state index in [2.05, 4.69) is 0 Å². The van der Waals surface area contributed by atoms with Crippen LogP contribution < -0.4 is 0 Å². The van der Waals surface area contributed by atoms with Crippen LogP contribution in [0.4, 0.5) is 0 Å². The van der Waals surface area contributed by atoms with Crippen molar-refractivity contribution in [2.75, 3.05) is 5.75 Å². The van der Waals surface area contributed by atoms with Gasteiger partial charge in [0.1, 0.15) is 0 Å². The van der Waals surface area contributed by atoms with Gasteiger partial charge >= 0.3 is 0 Å². The molecule has 0 saturated heterocycles. The molecule has 1 aliphatic heterocycles. The van der Waals surface area contributed by atoms with E-state index >= 15 is 0 Å².